The van der Waals surface area contributed by atoms with E-state index in [4.69, 9.17) is 5.73 Å². The summed E-state index contributed by atoms with van der Waals surface area (Å²) in [5, 5.41) is 3.10. The molecule has 1 amide bonds. The zero-order valence-electron chi connectivity index (χ0n) is 11.4. The molecule has 4 fully saturated rings. The van der Waals surface area contributed by atoms with E-state index in [9.17, 15) is 4.79 Å². The molecule has 18 heavy (non-hydrogen) atoms. The summed E-state index contributed by atoms with van der Waals surface area (Å²) in [5.74, 6) is 3.84. The first kappa shape index (κ1) is 12.5. The second kappa shape index (κ2) is 4.84. The summed E-state index contributed by atoms with van der Waals surface area (Å²) in [6.45, 7) is 2.72. The highest BCUT2D eigenvalue weighted by Crippen LogP contribution is 2.56. The van der Waals surface area contributed by atoms with E-state index in [1.165, 1.54) is 32.1 Å². The van der Waals surface area contributed by atoms with Crippen molar-refractivity contribution in [1.82, 2.24) is 5.32 Å². The van der Waals surface area contributed by atoms with E-state index < -0.39 is 0 Å². The monoisotopic (exact) mass is 250 g/mol. The fourth-order valence-corrected chi connectivity index (χ4v) is 4.85. The summed E-state index contributed by atoms with van der Waals surface area (Å²) in [7, 11) is 0. The fourth-order valence-electron chi connectivity index (χ4n) is 4.85. The van der Waals surface area contributed by atoms with E-state index in [2.05, 4.69) is 12.2 Å². The number of amides is 1. The molecular weight excluding hydrogens is 224 g/mol. The number of hydrogen-bond donors (Lipinski definition) is 2. The molecule has 0 aromatic heterocycles. The molecule has 102 valence electrons. The van der Waals surface area contributed by atoms with Gasteiger partial charge in [-0.3, -0.25) is 4.79 Å². The Balaban J connectivity index is 1.60. The van der Waals surface area contributed by atoms with Crippen LogP contribution >= 0.6 is 0 Å². The van der Waals surface area contributed by atoms with E-state index in [1.54, 1.807) is 0 Å². The second-order valence-corrected chi connectivity index (χ2v) is 6.87. The van der Waals surface area contributed by atoms with Gasteiger partial charge in [0.15, 0.2) is 0 Å². The lowest BCUT2D eigenvalue weighted by molar-refractivity contribution is -0.138. The van der Waals surface area contributed by atoms with Gasteiger partial charge in [0.1, 0.15) is 0 Å². The molecule has 0 heterocycles. The molecule has 0 aromatic carbocycles. The Morgan fingerprint density at radius 3 is 2.22 bits per heavy atom. The molecule has 3 nitrogen and oxygen atoms in total. The van der Waals surface area contributed by atoms with Crippen molar-refractivity contribution in [2.24, 2.45) is 35.3 Å². The van der Waals surface area contributed by atoms with E-state index in [0.29, 0.717) is 30.2 Å². The van der Waals surface area contributed by atoms with Crippen LogP contribution in [0.5, 0.6) is 0 Å². The normalized spacial score (nSPS) is 42.9. The zero-order chi connectivity index (χ0) is 12.7. The van der Waals surface area contributed by atoms with Crippen LogP contribution < -0.4 is 11.1 Å². The minimum absolute atomic E-state index is 0.116. The van der Waals surface area contributed by atoms with Gasteiger partial charge in [0, 0.05) is 18.5 Å². The maximum Gasteiger partial charge on any atom is 0.223 e. The van der Waals surface area contributed by atoms with Gasteiger partial charge in [-0.05, 0) is 62.2 Å². The lowest BCUT2D eigenvalue weighted by atomic mass is 9.51. The van der Waals surface area contributed by atoms with Gasteiger partial charge in [0.2, 0.25) is 5.91 Å². The summed E-state index contributed by atoms with van der Waals surface area (Å²) < 4.78 is 0. The molecule has 0 radical (unpaired) electrons. The number of rotatable bonds is 4. The van der Waals surface area contributed by atoms with Gasteiger partial charge >= 0.3 is 0 Å². The number of carbonyl (C=O) groups excluding carboxylic acids is 1. The summed E-state index contributed by atoms with van der Waals surface area (Å²) in [6.07, 6.45) is 7.62. The average Bonchev–Trinajstić information content (AvgIpc) is 2.34. The molecule has 0 aliphatic heterocycles. The molecule has 4 saturated carbocycles. The lowest BCUT2D eigenvalue weighted by Gasteiger charge is -2.53. The molecule has 1 unspecified atom stereocenters. The maximum atomic E-state index is 12.4. The molecule has 0 saturated heterocycles. The van der Waals surface area contributed by atoms with Crippen LogP contribution in [0.15, 0.2) is 0 Å². The SMILES string of the molecule is CCC(N)CNC(=O)C1C2CC3CC(C2)CC1C3. The van der Waals surface area contributed by atoms with Crippen molar-refractivity contribution in [2.75, 3.05) is 6.54 Å². The molecule has 4 aliphatic rings. The Morgan fingerprint density at radius 2 is 1.72 bits per heavy atom. The van der Waals surface area contributed by atoms with Crippen LogP contribution in [-0.4, -0.2) is 18.5 Å². The summed E-state index contributed by atoms with van der Waals surface area (Å²) >= 11 is 0. The maximum absolute atomic E-state index is 12.4. The largest absolute Gasteiger partial charge is 0.354 e. The van der Waals surface area contributed by atoms with Crippen LogP contribution in [0.25, 0.3) is 0 Å². The molecule has 3 N–H and O–H groups in total. The highest BCUT2D eigenvalue weighted by molar-refractivity contribution is 5.79. The fraction of sp³-hybridized carbons (Fsp3) is 0.933. The van der Waals surface area contributed by atoms with Crippen molar-refractivity contribution in [1.29, 1.82) is 0 Å². The topological polar surface area (TPSA) is 55.1 Å². The Hall–Kier alpha value is -0.570. The van der Waals surface area contributed by atoms with E-state index in [1.807, 2.05) is 0 Å². The zero-order valence-corrected chi connectivity index (χ0v) is 11.4. The first-order valence-electron chi connectivity index (χ1n) is 7.70. The molecule has 0 aromatic rings. The number of carbonyl (C=O) groups is 1. The van der Waals surface area contributed by atoms with Crippen molar-refractivity contribution >= 4 is 5.91 Å². The molecule has 4 bridgehead atoms. The molecule has 0 spiro atoms. The minimum atomic E-state index is 0.116. The Bertz CT molecular complexity index is 300. The van der Waals surface area contributed by atoms with Crippen LogP contribution in [0, 0.1) is 29.6 Å². The third-order valence-corrected chi connectivity index (χ3v) is 5.59. The van der Waals surface area contributed by atoms with E-state index >= 15 is 0 Å². The Labute approximate surface area is 110 Å². The average molecular weight is 250 g/mol. The minimum Gasteiger partial charge on any atom is -0.354 e. The first-order chi connectivity index (χ1) is 8.67. The van der Waals surface area contributed by atoms with Gasteiger partial charge < -0.3 is 11.1 Å². The number of hydrogen-bond acceptors (Lipinski definition) is 2. The van der Waals surface area contributed by atoms with Gasteiger partial charge in [-0.1, -0.05) is 6.92 Å². The van der Waals surface area contributed by atoms with Crippen molar-refractivity contribution in [3.05, 3.63) is 0 Å². The summed E-state index contributed by atoms with van der Waals surface area (Å²) in [5.41, 5.74) is 5.88. The van der Waals surface area contributed by atoms with Gasteiger partial charge in [0.25, 0.3) is 0 Å². The van der Waals surface area contributed by atoms with Crippen LogP contribution in [0.3, 0.4) is 0 Å². The van der Waals surface area contributed by atoms with Gasteiger partial charge in [-0.25, -0.2) is 0 Å². The van der Waals surface area contributed by atoms with Crippen LogP contribution in [0.2, 0.25) is 0 Å². The van der Waals surface area contributed by atoms with Gasteiger partial charge in [-0.15, -0.1) is 0 Å². The van der Waals surface area contributed by atoms with E-state index in [0.717, 1.165) is 18.3 Å². The highest BCUT2D eigenvalue weighted by Gasteiger charge is 2.50. The van der Waals surface area contributed by atoms with Crippen molar-refractivity contribution in [3.63, 3.8) is 0 Å². The predicted molar refractivity (Wildman–Crippen MR) is 71.8 cm³/mol. The standard InChI is InChI=1S/C15H26N2O/c1-2-13(16)8-17-15(18)14-11-4-9-3-10(6-11)7-12(14)5-9/h9-14H,2-8,16H2,1H3,(H,17,18). The Morgan fingerprint density at radius 1 is 1.17 bits per heavy atom. The second-order valence-electron chi connectivity index (χ2n) is 6.87. The highest BCUT2D eigenvalue weighted by atomic mass is 16.1. The molecule has 4 rings (SSSR count). The van der Waals surface area contributed by atoms with Crippen LogP contribution in [0.4, 0.5) is 0 Å². The first-order valence-corrected chi connectivity index (χ1v) is 7.70. The molecule has 4 aliphatic carbocycles. The molecule has 1 atom stereocenters. The van der Waals surface area contributed by atoms with Crippen molar-refractivity contribution in [2.45, 2.75) is 51.5 Å². The third kappa shape index (κ3) is 2.18. The smallest absolute Gasteiger partial charge is 0.223 e. The lowest BCUT2D eigenvalue weighted by Crippen LogP contribution is -2.52. The molecule has 3 heteroatoms. The third-order valence-electron chi connectivity index (χ3n) is 5.59. The van der Waals surface area contributed by atoms with Crippen molar-refractivity contribution < 1.29 is 4.79 Å². The summed E-state index contributed by atoms with van der Waals surface area (Å²) in [6, 6.07) is 0.116. The molecular formula is C15H26N2O. The van der Waals surface area contributed by atoms with Gasteiger partial charge in [-0.2, -0.15) is 0 Å². The Kier molecular flexibility index (Phi) is 3.35. The van der Waals surface area contributed by atoms with Crippen molar-refractivity contribution in [3.8, 4) is 0 Å². The van der Waals surface area contributed by atoms with Gasteiger partial charge in [0.05, 0.1) is 0 Å². The predicted octanol–water partition coefficient (Wildman–Crippen LogP) is 1.91. The number of nitrogens with two attached hydrogens (primary N) is 1. The van der Waals surface area contributed by atoms with E-state index in [-0.39, 0.29) is 6.04 Å². The quantitative estimate of drug-likeness (QED) is 0.801. The van der Waals surface area contributed by atoms with Crippen LogP contribution in [-0.2, 0) is 4.79 Å². The summed E-state index contributed by atoms with van der Waals surface area (Å²) in [4.78, 5) is 12.4. The van der Waals surface area contributed by atoms with Crippen LogP contribution in [0.1, 0.15) is 45.4 Å². The number of nitrogens with one attached hydrogen (secondary N) is 1.